The van der Waals surface area contributed by atoms with Crippen LogP contribution in [0.15, 0.2) is 63.9 Å². The quantitative estimate of drug-likeness (QED) is 0.837. The van der Waals surface area contributed by atoms with E-state index in [0.29, 0.717) is 11.0 Å². The van der Waals surface area contributed by atoms with Crippen LogP contribution in [0.1, 0.15) is 15.9 Å². The first-order valence-corrected chi connectivity index (χ1v) is 8.11. The lowest BCUT2D eigenvalue weighted by Gasteiger charge is -2.07. The molecule has 0 aliphatic rings. The van der Waals surface area contributed by atoms with E-state index in [0.717, 1.165) is 12.1 Å². The topological polar surface area (TPSA) is 46.5 Å². The van der Waals surface area contributed by atoms with Crippen molar-refractivity contribution in [2.45, 2.75) is 11.1 Å². The number of amides is 1. The largest absolute Gasteiger partial charge is 0.416 e. The molecule has 0 saturated heterocycles. The number of hydrogen-bond acceptors (Lipinski definition) is 2. The van der Waals surface area contributed by atoms with Gasteiger partial charge in [-0.05, 0) is 30.3 Å². The molecule has 1 amide bonds. The maximum Gasteiger partial charge on any atom is 0.416 e. The predicted octanol–water partition coefficient (Wildman–Crippen LogP) is 4.00. The summed E-state index contributed by atoms with van der Waals surface area (Å²) in [5.74, 6) is -0.942. The Labute approximate surface area is 126 Å². The molecule has 7 heteroatoms. The normalized spacial score (nSPS) is 14.2. The molecule has 0 spiro atoms. The molecule has 2 aromatic rings. The minimum Gasteiger partial charge on any atom is -0.266 e. The van der Waals surface area contributed by atoms with Crippen LogP contribution in [0, 0.1) is 0 Å². The Morgan fingerprint density at radius 2 is 1.68 bits per heavy atom. The van der Waals surface area contributed by atoms with Crippen LogP contribution in [0.2, 0.25) is 0 Å². The Hall–Kier alpha value is -2.15. The van der Waals surface area contributed by atoms with Gasteiger partial charge in [0.15, 0.2) is 0 Å². The number of halogens is 3. The summed E-state index contributed by atoms with van der Waals surface area (Å²) in [4.78, 5) is 12.3. The van der Waals surface area contributed by atoms with E-state index in [1.54, 1.807) is 30.3 Å². The summed E-state index contributed by atoms with van der Waals surface area (Å²) in [6.45, 7) is 0. The molecule has 0 aliphatic carbocycles. The zero-order valence-corrected chi connectivity index (χ0v) is 12.3. The Bertz CT molecular complexity index is 807. The van der Waals surface area contributed by atoms with Crippen molar-refractivity contribution in [3.63, 3.8) is 0 Å². The Kier molecular flexibility index (Phi) is 4.37. The summed E-state index contributed by atoms with van der Waals surface area (Å²) >= 11 is 0. The summed E-state index contributed by atoms with van der Waals surface area (Å²) < 4.78 is 53.9. The fraction of sp³-hybridized carbons (Fsp3) is 0.133. The minimum atomic E-state index is -4.55. The first-order chi connectivity index (χ1) is 10.2. The maximum absolute atomic E-state index is 12.6. The number of alkyl halides is 3. The monoisotopic (exact) mass is 327 g/mol. The number of benzene rings is 2. The van der Waals surface area contributed by atoms with Gasteiger partial charge in [0, 0.05) is 16.7 Å². The molecule has 116 valence electrons. The number of rotatable bonds is 2. The van der Waals surface area contributed by atoms with Gasteiger partial charge in [-0.3, -0.25) is 4.79 Å². The van der Waals surface area contributed by atoms with Gasteiger partial charge in [0.2, 0.25) is 0 Å². The summed E-state index contributed by atoms with van der Waals surface area (Å²) in [7, 11) is -3.01. The molecule has 0 radical (unpaired) electrons. The van der Waals surface area contributed by atoms with Gasteiger partial charge in [0.1, 0.15) is 0 Å². The number of carbonyl (C=O) groups excluding carboxylic acids is 1. The summed E-state index contributed by atoms with van der Waals surface area (Å²) in [6.07, 6.45) is -3.28. The zero-order chi connectivity index (χ0) is 16.4. The van der Waals surface area contributed by atoms with E-state index in [9.17, 15) is 22.2 Å². The molecule has 1 unspecified atom stereocenters. The third-order valence-electron chi connectivity index (χ3n) is 2.87. The Morgan fingerprint density at radius 1 is 1.05 bits per heavy atom. The highest BCUT2D eigenvalue weighted by atomic mass is 32.2. The fourth-order valence-electron chi connectivity index (χ4n) is 1.77. The second-order valence-electron chi connectivity index (χ2n) is 4.59. The highest BCUT2D eigenvalue weighted by Gasteiger charge is 2.30. The summed E-state index contributed by atoms with van der Waals surface area (Å²) in [5.41, 5.74) is -1.20. The lowest BCUT2D eigenvalue weighted by atomic mass is 10.1. The highest BCUT2D eigenvalue weighted by Crippen LogP contribution is 2.29. The SMILES string of the molecule is CS(=O)(=NC(=O)c1cccc(C(F)(F)F)c1)c1ccccc1. The second-order valence-corrected chi connectivity index (χ2v) is 6.85. The van der Waals surface area contributed by atoms with Crippen LogP contribution in [0.5, 0.6) is 0 Å². The predicted molar refractivity (Wildman–Crippen MR) is 77.0 cm³/mol. The Morgan fingerprint density at radius 3 is 2.27 bits per heavy atom. The van der Waals surface area contributed by atoms with Crippen LogP contribution < -0.4 is 0 Å². The van der Waals surface area contributed by atoms with Gasteiger partial charge < -0.3 is 0 Å². The van der Waals surface area contributed by atoms with Gasteiger partial charge in [-0.2, -0.15) is 17.5 Å². The minimum absolute atomic E-state index is 0.250. The lowest BCUT2D eigenvalue weighted by molar-refractivity contribution is -0.137. The van der Waals surface area contributed by atoms with Gasteiger partial charge in [-0.15, -0.1) is 0 Å². The number of nitrogens with zero attached hydrogens (tertiary/aromatic N) is 1. The second kappa shape index (κ2) is 5.92. The molecule has 0 bridgehead atoms. The molecule has 2 rings (SSSR count). The van der Waals surface area contributed by atoms with Crippen molar-refractivity contribution in [2.75, 3.05) is 6.26 Å². The van der Waals surface area contributed by atoms with E-state index in [1.807, 2.05) is 0 Å². The average molecular weight is 327 g/mol. The van der Waals surface area contributed by atoms with Crippen molar-refractivity contribution >= 4 is 15.6 Å². The van der Waals surface area contributed by atoms with Gasteiger partial charge in [-0.1, -0.05) is 24.3 Å². The van der Waals surface area contributed by atoms with Crippen LogP contribution in [0.25, 0.3) is 0 Å². The van der Waals surface area contributed by atoms with E-state index in [4.69, 9.17) is 0 Å². The average Bonchev–Trinajstić information content (AvgIpc) is 2.47. The van der Waals surface area contributed by atoms with Crippen LogP contribution in [0.4, 0.5) is 13.2 Å². The van der Waals surface area contributed by atoms with Crippen molar-refractivity contribution in [3.05, 3.63) is 65.7 Å². The molecule has 3 nitrogen and oxygen atoms in total. The van der Waals surface area contributed by atoms with E-state index < -0.39 is 27.4 Å². The Balaban J connectivity index is 2.41. The third kappa shape index (κ3) is 3.73. The third-order valence-corrected chi connectivity index (χ3v) is 4.54. The van der Waals surface area contributed by atoms with Crippen LogP contribution in [-0.4, -0.2) is 16.4 Å². The molecule has 0 saturated carbocycles. The van der Waals surface area contributed by atoms with Crippen LogP contribution in [-0.2, 0) is 15.9 Å². The molecule has 0 fully saturated rings. The van der Waals surface area contributed by atoms with E-state index in [-0.39, 0.29) is 5.56 Å². The van der Waals surface area contributed by atoms with Gasteiger partial charge in [0.05, 0.1) is 15.3 Å². The highest BCUT2D eigenvalue weighted by molar-refractivity contribution is 7.93. The van der Waals surface area contributed by atoms with Crippen LogP contribution >= 0.6 is 0 Å². The zero-order valence-electron chi connectivity index (χ0n) is 11.5. The standard InChI is InChI=1S/C15H12F3NO2S/c1-22(21,13-8-3-2-4-9-13)19-14(20)11-6-5-7-12(10-11)15(16,17)18/h2-10H,1H3. The van der Waals surface area contributed by atoms with E-state index in [2.05, 4.69) is 4.36 Å². The van der Waals surface area contributed by atoms with Crippen molar-refractivity contribution in [1.82, 2.24) is 0 Å². The number of hydrogen-bond donors (Lipinski definition) is 0. The molecule has 22 heavy (non-hydrogen) atoms. The van der Waals surface area contributed by atoms with Crippen molar-refractivity contribution < 1.29 is 22.2 Å². The molecule has 1 atom stereocenters. The molecule has 0 aliphatic heterocycles. The fourth-order valence-corrected chi connectivity index (χ4v) is 2.95. The van der Waals surface area contributed by atoms with Crippen molar-refractivity contribution in [1.29, 1.82) is 0 Å². The molecular weight excluding hydrogens is 315 g/mol. The summed E-state index contributed by atoms with van der Waals surface area (Å²) in [5, 5.41) is 0. The number of carbonyl (C=O) groups is 1. The molecule has 0 heterocycles. The van der Waals surface area contributed by atoms with Gasteiger partial charge in [-0.25, -0.2) is 4.21 Å². The summed E-state index contributed by atoms with van der Waals surface area (Å²) in [6, 6.07) is 12.0. The van der Waals surface area contributed by atoms with Crippen molar-refractivity contribution in [2.24, 2.45) is 4.36 Å². The van der Waals surface area contributed by atoms with Crippen molar-refractivity contribution in [3.8, 4) is 0 Å². The molecule has 0 aromatic heterocycles. The van der Waals surface area contributed by atoms with Gasteiger partial charge >= 0.3 is 6.18 Å². The van der Waals surface area contributed by atoms with Gasteiger partial charge in [0.25, 0.3) is 5.91 Å². The lowest BCUT2D eigenvalue weighted by Crippen LogP contribution is -2.08. The maximum atomic E-state index is 12.6. The van der Waals surface area contributed by atoms with E-state index >= 15 is 0 Å². The molecular formula is C15H12F3NO2S. The smallest absolute Gasteiger partial charge is 0.266 e. The van der Waals surface area contributed by atoms with E-state index in [1.165, 1.54) is 12.3 Å². The molecule has 2 aromatic carbocycles. The first kappa shape index (κ1) is 16.2. The first-order valence-electron chi connectivity index (χ1n) is 6.19. The molecule has 0 N–H and O–H groups in total. The van der Waals surface area contributed by atoms with Crippen LogP contribution in [0.3, 0.4) is 0 Å².